The molecule has 0 atom stereocenters. The van der Waals surface area contributed by atoms with Crippen molar-refractivity contribution in [2.24, 2.45) is 0 Å². The smallest absolute Gasteiger partial charge is 0.166 e. The van der Waals surface area contributed by atoms with Gasteiger partial charge in [-0.1, -0.05) is 79.9 Å². The highest BCUT2D eigenvalue weighted by molar-refractivity contribution is 5.72. The number of rotatable bonds is 4. The van der Waals surface area contributed by atoms with Gasteiger partial charge in [-0.3, -0.25) is 0 Å². The molecule has 3 aromatic carbocycles. The zero-order valence-corrected chi connectivity index (χ0v) is 17.1. The van der Waals surface area contributed by atoms with E-state index in [9.17, 15) is 13.2 Å². The van der Waals surface area contributed by atoms with Gasteiger partial charge >= 0.3 is 0 Å². The lowest BCUT2D eigenvalue weighted by Crippen LogP contribution is -2.08. The number of hydrogen-bond donors (Lipinski definition) is 0. The first-order chi connectivity index (χ1) is 14.5. The summed E-state index contributed by atoms with van der Waals surface area (Å²) in [5.41, 5.74) is 3.78. The van der Waals surface area contributed by atoms with Crippen molar-refractivity contribution >= 4 is 12.2 Å². The molecule has 0 amide bonds. The first kappa shape index (κ1) is 20.5. The van der Waals surface area contributed by atoms with Crippen molar-refractivity contribution in [2.75, 3.05) is 0 Å². The molecule has 0 heterocycles. The molecule has 4 rings (SSSR count). The number of halogens is 3. The molecule has 0 aliphatic heterocycles. The van der Waals surface area contributed by atoms with Crippen LogP contribution in [0, 0.1) is 24.4 Å². The van der Waals surface area contributed by atoms with E-state index in [1.54, 1.807) is 30.4 Å². The van der Waals surface area contributed by atoms with Crippen molar-refractivity contribution in [3.8, 4) is 11.1 Å². The van der Waals surface area contributed by atoms with Crippen molar-refractivity contribution in [2.45, 2.75) is 44.9 Å². The normalized spacial score (nSPS) is 15.1. The lowest BCUT2D eigenvalue weighted by molar-refractivity contribution is 0.417. The van der Waals surface area contributed by atoms with Crippen LogP contribution in [-0.4, -0.2) is 0 Å². The monoisotopic (exact) mass is 406 g/mol. The minimum atomic E-state index is -0.785. The zero-order chi connectivity index (χ0) is 21.1. The van der Waals surface area contributed by atoms with Crippen molar-refractivity contribution < 1.29 is 13.2 Å². The van der Waals surface area contributed by atoms with Crippen molar-refractivity contribution in [1.82, 2.24) is 0 Å². The Labute approximate surface area is 176 Å². The van der Waals surface area contributed by atoms with E-state index in [-0.39, 0.29) is 17.3 Å². The number of benzene rings is 3. The molecule has 3 aromatic rings. The van der Waals surface area contributed by atoms with E-state index < -0.39 is 11.6 Å². The van der Waals surface area contributed by atoms with Gasteiger partial charge in [-0.05, 0) is 54.0 Å². The molecule has 0 N–H and O–H groups in total. The highest BCUT2D eigenvalue weighted by Gasteiger charge is 2.21. The first-order valence-electron chi connectivity index (χ1n) is 10.6. The average Bonchev–Trinajstić information content (AvgIpc) is 2.76. The van der Waals surface area contributed by atoms with Crippen LogP contribution in [0.2, 0.25) is 0 Å². The fourth-order valence-corrected chi connectivity index (χ4v) is 4.25. The Bertz CT molecular complexity index is 1060. The van der Waals surface area contributed by atoms with Gasteiger partial charge in [0, 0.05) is 11.1 Å². The molecule has 1 aliphatic rings. The van der Waals surface area contributed by atoms with Crippen molar-refractivity contribution in [3.63, 3.8) is 0 Å². The Balaban J connectivity index is 1.53. The van der Waals surface area contributed by atoms with E-state index in [0.29, 0.717) is 11.1 Å². The van der Waals surface area contributed by atoms with Crippen LogP contribution < -0.4 is 0 Å². The molecule has 0 aromatic heterocycles. The third-order valence-electron chi connectivity index (χ3n) is 5.99. The summed E-state index contributed by atoms with van der Waals surface area (Å²) in [4.78, 5) is 0. The van der Waals surface area contributed by atoms with E-state index >= 15 is 0 Å². The minimum absolute atomic E-state index is 0.126. The second-order valence-corrected chi connectivity index (χ2v) is 8.15. The molecular formula is C27H25F3. The molecule has 154 valence electrons. The van der Waals surface area contributed by atoms with E-state index in [2.05, 4.69) is 0 Å². The molecule has 0 bridgehead atoms. The minimum Gasteiger partial charge on any atom is -0.206 e. The Morgan fingerprint density at radius 2 is 1.50 bits per heavy atom. The Kier molecular flexibility index (Phi) is 6.08. The van der Waals surface area contributed by atoms with Crippen LogP contribution in [0.1, 0.15) is 60.3 Å². The van der Waals surface area contributed by atoms with Gasteiger partial charge in [0.15, 0.2) is 11.6 Å². The average molecular weight is 406 g/mol. The summed E-state index contributed by atoms with van der Waals surface area (Å²) in [7, 11) is 0. The Hall–Kier alpha value is -2.81. The van der Waals surface area contributed by atoms with Crippen molar-refractivity contribution in [1.29, 1.82) is 0 Å². The van der Waals surface area contributed by atoms with Gasteiger partial charge in [0.1, 0.15) is 5.82 Å². The summed E-state index contributed by atoms with van der Waals surface area (Å²) < 4.78 is 43.4. The van der Waals surface area contributed by atoms with E-state index in [1.165, 1.54) is 12.5 Å². The summed E-state index contributed by atoms with van der Waals surface area (Å²) in [5, 5.41) is 0. The fraction of sp³-hybridized carbons (Fsp3) is 0.259. The van der Waals surface area contributed by atoms with Crippen LogP contribution in [0.3, 0.4) is 0 Å². The van der Waals surface area contributed by atoms with Gasteiger partial charge in [-0.15, -0.1) is 0 Å². The molecule has 0 unspecified atom stereocenters. The van der Waals surface area contributed by atoms with E-state index in [1.807, 2.05) is 37.3 Å². The largest absolute Gasteiger partial charge is 0.206 e. The maximum atomic E-state index is 14.6. The van der Waals surface area contributed by atoms with E-state index in [0.717, 1.165) is 42.4 Å². The SMILES string of the molecule is Cc1ccc(-c2ccc(C=Cc3ccc(C4CCCCC4)c(F)c3F)cc2)c(F)c1. The first-order valence-corrected chi connectivity index (χ1v) is 10.6. The zero-order valence-electron chi connectivity index (χ0n) is 17.1. The number of aryl methyl sites for hydroxylation is 1. The van der Waals surface area contributed by atoms with Crippen molar-refractivity contribution in [3.05, 3.63) is 94.3 Å². The maximum Gasteiger partial charge on any atom is 0.166 e. The topological polar surface area (TPSA) is 0 Å². The van der Waals surface area contributed by atoms with Crippen LogP contribution in [0.4, 0.5) is 13.2 Å². The Morgan fingerprint density at radius 1 is 0.767 bits per heavy atom. The van der Waals surface area contributed by atoms with Gasteiger partial charge in [0.2, 0.25) is 0 Å². The van der Waals surface area contributed by atoms with E-state index in [4.69, 9.17) is 0 Å². The van der Waals surface area contributed by atoms with Gasteiger partial charge in [0.05, 0.1) is 0 Å². The lowest BCUT2D eigenvalue weighted by Gasteiger charge is -2.22. The molecule has 0 radical (unpaired) electrons. The number of hydrogen-bond acceptors (Lipinski definition) is 0. The van der Waals surface area contributed by atoms with Gasteiger partial charge in [-0.2, -0.15) is 0 Å². The van der Waals surface area contributed by atoms with Crippen LogP contribution >= 0.6 is 0 Å². The molecule has 1 saturated carbocycles. The summed E-state index contributed by atoms with van der Waals surface area (Å²) in [6, 6.07) is 15.9. The van der Waals surface area contributed by atoms with Gasteiger partial charge < -0.3 is 0 Å². The standard InChI is InChI=1S/C27H25F3/c1-18-7-15-23(25(28)17-18)21-11-8-19(9-12-21)10-13-22-14-16-24(27(30)26(22)29)20-5-3-2-4-6-20/h7-17,20H,2-6H2,1H3. The quantitative estimate of drug-likeness (QED) is 0.382. The molecule has 30 heavy (non-hydrogen) atoms. The van der Waals surface area contributed by atoms with Crippen LogP contribution in [0.25, 0.3) is 23.3 Å². The summed E-state index contributed by atoms with van der Waals surface area (Å²) >= 11 is 0. The fourth-order valence-electron chi connectivity index (χ4n) is 4.25. The predicted molar refractivity (Wildman–Crippen MR) is 118 cm³/mol. The third-order valence-corrected chi connectivity index (χ3v) is 5.99. The molecule has 1 aliphatic carbocycles. The lowest BCUT2D eigenvalue weighted by atomic mass is 9.83. The third kappa shape index (κ3) is 4.35. The second kappa shape index (κ2) is 8.91. The maximum absolute atomic E-state index is 14.6. The highest BCUT2D eigenvalue weighted by atomic mass is 19.2. The molecule has 0 saturated heterocycles. The summed E-state index contributed by atoms with van der Waals surface area (Å²) in [6.07, 6.45) is 8.53. The van der Waals surface area contributed by atoms with Gasteiger partial charge in [-0.25, -0.2) is 13.2 Å². The van der Waals surface area contributed by atoms with Crippen LogP contribution in [0.15, 0.2) is 54.6 Å². The molecule has 0 spiro atoms. The highest BCUT2D eigenvalue weighted by Crippen LogP contribution is 2.35. The molecular weight excluding hydrogens is 381 g/mol. The predicted octanol–water partition coefficient (Wildman–Crippen LogP) is 8.30. The molecule has 1 fully saturated rings. The second-order valence-electron chi connectivity index (χ2n) is 8.15. The summed E-state index contributed by atoms with van der Waals surface area (Å²) in [5.74, 6) is -1.63. The van der Waals surface area contributed by atoms with Crippen LogP contribution in [-0.2, 0) is 0 Å². The van der Waals surface area contributed by atoms with Gasteiger partial charge in [0.25, 0.3) is 0 Å². The molecule has 0 nitrogen and oxygen atoms in total. The summed E-state index contributed by atoms with van der Waals surface area (Å²) in [6.45, 7) is 1.85. The van der Waals surface area contributed by atoms with Crippen LogP contribution in [0.5, 0.6) is 0 Å². The Morgan fingerprint density at radius 3 is 2.20 bits per heavy atom. The molecule has 3 heteroatoms.